The van der Waals surface area contributed by atoms with Gasteiger partial charge in [-0.3, -0.25) is 4.79 Å². The van der Waals surface area contributed by atoms with Gasteiger partial charge in [-0.15, -0.1) is 0 Å². The molecule has 1 saturated carbocycles. The van der Waals surface area contributed by atoms with Crippen molar-refractivity contribution in [2.24, 2.45) is 5.73 Å². The maximum Gasteiger partial charge on any atom is 0.255 e. The molecule has 0 aromatic heterocycles. The van der Waals surface area contributed by atoms with Crippen LogP contribution in [0.3, 0.4) is 0 Å². The summed E-state index contributed by atoms with van der Waals surface area (Å²) in [5, 5.41) is 2.89. The van der Waals surface area contributed by atoms with Crippen molar-refractivity contribution in [3.05, 3.63) is 64.1 Å². The zero-order chi connectivity index (χ0) is 14.1. The molecule has 1 amide bonds. The zero-order valence-corrected chi connectivity index (χ0v) is 12.4. The van der Waals surface area contributed by atoms with E-state index in [0.29, 0.717) is 17.5 Å². The Morgan fingerprint density at radius 3 is 2.25 bits per heavy atom. The lowest BCUT2D eigenvalue weighted by Crippen LogP contribution is -2.11. The predicted octanol–water partition coefficient (Wildman–Crippen LogP) is 3.52. The molecule has 0 aliphatic heterocycles. The van der Waals surface area contributed by atoms with E-state index in [1.165, 1.54) is 5.56 Å². The van der Waals surface area contributed by atoms with Gasteiger partial charge in [0.25, 0.3) is 5.91 Å². The summed E-state index contributed by atoms with van der Waals surface area (Å²) in [6.07, 6.45) is 1.06. The second-order valence-electron chi connectivity index (χ2n) is 5.09. The topological polar surface area (TPSA) is 55.1 Å². The molecule has 2 atom stereocenters. The fourth-order valence-electron chi connectivity index (χ4n) is 2.22. The van der Waals surface area contributed by atoms with Crippen LogP contribution in [0.25, 0.3) is 0 Å². The molecule has 1 fully saturated rings. The van der Waals surface area contributed by atoms with E-state index in [4.69, 9.17) is 5.73 Å². The van der Waals surface area contributed by atoms with E-state index in [0.717, 1.165) is 16.6 Å². The molecule has 3 nitrogen and oxygen atoms in total. The lowest BCUT2D eigenvalue weighted by molar-refractivity contribution is 0.102. The number of benzene rings is 2. The Balaban J connectivity index is 1.68. The molecular weight excluding hydrogens is 316 g/mol. The number of carbonyl (C=O) groups is 1. The first-order chi connectivity index (χ1) is 9.63. The molecule has 0 radical (unpaired) electrons. The minimum atomic E-state index is -0.103. The van der Waals surface area contributed by atoms with Gasteiger partial charge in [0, 0.05) is 27.7 Å². The third kappa shape index (κ3) is 2.92. The second-order valence-corrected chi connectivity index (χ2v) is 6.00. The SMILES string of the molecule is N[C@@H]1C[C@H]1c1ccc(NC(=O)c2ccc(Br)cc2)cc1. The van der Waals surface area contributed by atoms with Gasteiger partial charge in [-0.2, -0.15) is 0 Å². The Kier molecular flexibility index (Phi) is 3.59. The lowest BCUT2D eigenvalue weighted by Gasteiger charge is -2.06. The third-order valence-corrected chi connectivity index (χ3v) is 4.07. The van der Waals surface area contributed by atoms with Gasteiger partial charge in [0.1, 0.15) is 0 Å². The van der Waals surface area contributed by atoms with Crippen molar-refractivity contribution >= 4 is 27.5 Å². The van der Waals surface area contributed by atoms with Crippen LogP contribution in [-0.2, 0) is 0 Å². The van der Waals surface area contributed by atoms with E-state index in [1.54, 1.807) is 12.1 Å². The molecule has 0 bridgehead atoms. The van der Waals surface area contributed by atoms with Crippen molar-refractivity contribution in [1.29, 1.82) is 0 Å². The standard InChI is InChI=1S/C16H15BrN2O/c17-12-5-1-11(2-6-12)16(20)19-13-7-3-10(4-8-13)14-9-15(14)18/h1-8,14-15H,9,18H2,(H,19,20)/t14-,15+/m0/s1. The van der Waals surface area contributed by atoms with Gasteiger partial charge in [-0.25, -0.2) is 0 Å². The molecule has 102 valence electrons. The normalized spacial score (nSPS) is 20.5. The molecule has 20 heavy (non-hydrogen) atoms. The molecule has 4 heteroatoms. The van der Waals surface area contributed by atoms with Gasteiger partial charge in [0.2, 0.25) is 0 Å². The summed E-state index contributed by atoms with van der Waals surface area (Å²) in [5.41, 5.74) is 8.52. The number of carbonyl (C=O) groups excluding carboxylic acids is 1. The summed E-state index contributed by atoms with van der Waals surface area (Å²) in [6, 6.07) is 15.5. The number of nitrogens with one attached hydrogen (secondary N) is 1. The number of amides is 1. The summed E-state index contributed by atoms with van der Waals surface area (Å²) < 4.78 is 0.958. The Labute approximate surface area is 126 Å². The number of halogens is 1. The van der Waals surface area contributed by atoms with Gasteiger partial charge in [-0.05, 0) is 48.4 Å². The molecule has 0 saturated heterocycles. The monoisotopic (exact) mass is 330 g/mol. The highest BCUT2D eigenvalue weighted by molar-refractivity contribution is 9.10. The van der Waals surface area contributed by atoms with E-state index in [1.807, 2.05) is 36.4 Å². The molecule has 2 aromatic rings. The largest absolute Gasteiger partial charge is 0.327 e. The van der Waals surface area contributed by atoms with Crippen LogP contribution in [-0.4, -0.2) is 11.9 Å². The average molecular weight is 331 g/mol. The first-order valence-electron chi connectivity index (χ1n) is 6.56. The van der Waals surface area contributed by atoms with Crippen LogP contribution in [0.1, 0.15) is 28.3 Å². The summed E-state index contributed by atoms with van der Waals surface area (Å²) in [7, 11) is 0. The van der Waals surface area contributed by atoms with Crippen LogP contribution < -0.4 is 11.1 Å². The quantitative estimate of drug-likeness (QED) is 0.904. The van der Waals surface area contributed by atoms with Crippen molar-refractivity contribution in [2.45, 2.75) is 18.4 Å². The second kappa shape index (κ2) is 5.38. The van der Waals surface area contributed by atoms with Gasteiger partial charge in [-0.1, -0.05) is 28.1 Å². The molecule has 3 rings (SSSR count). The summed E-state index contributed by atoms with van der Waals surface area (Å²) in [4.78, 5) is 12.1. The molecule has 0 unspecified atom stereocenters. The van der Waals surface area contributed by atoms with Crippen molar-refractivity contribution in [1.82, 2.24) is 0 Å². The van der Waals surface area contributed by atoms with Crippen molar-refractivity contribution in [3.8, 4) is 0 Å². The maximum atomic E-state index is 12.1. The van der Waals surface area contributed by atoms with Crippen molar-refractivity contribution in [3.63, 3.8) is 0 Å². The summed E-state index contributed by atoms with van der Waals surface area (Å²) in [5.74, 6) is 0.389. The van der Waals surface area contributed by atoms with Crippen LogP contribution in [0.5, 0.6) is 0 Å². The highest BCUT2D eigenvalue weighted by Crippen LogP contribution is 2.39. The van der Waals surface area contributed by atoms with Gasteiger partial charge in [0.15, 0.2) is 0 Å². The Morgan fingerprint density at radius 2 is 1.70 bits per heavy atom. The minimum absolute atomic E-state index is 0.103. The number of hydrogen-bond donors (Lipinski definition) is 2. The van der Waals surface area contributed by atoms with E-state index < -0.39 is 0 Å². The smallest absolute Gasteiger partial charge is 0.255 e. The lowest BCUT2D eigenvalue weighted by atomic mass is 10.1. The first-order valence-corrected chi connectivity index (χ1v) is 7.35. The van der Waals surface area contributed by atoms with Crippen LogP contribution in [0.15, 0.2) is 53.0 Å². The molecule has 1 aliphatic rings. The third-order valence-electron chi connectivity index (χ3n) is 3.54. The summed E-state index contributed by atoms with van der Waals surface area (Å²) in [6.45, 7) is 0. The molecule has 0 spiro atoms. The Morgan fingerprint density at radius 1 is 1.10 bits per heavy atom. The van der Waals surface area contributed by atoms with Gasteiger partial charge >= 0.3 is 0 Å². The molecular formula is C16H15BrN2O. The summed E-state index contributed by atoms with van der Waals surface area (Å²) >= 11 is 3.35. The van der Waals surface area contributed by atoms with E-state index in [9.17, 15) is 4.79 Å². The Bertz CT molecular complexity index is 622. The van der Waals surface area contributed by atoms with Gasteiger partial charge < -0.3 is 11.1 Å². The predicted molar refractivity (Wildman–Crippen MR) is 83.9 cm³/mol. The fourth-order valence-corrected chi connectivity index (χ4v) is 2.48. The average Bonchev–Trinajstić information content (AvgIpc) is 3.17. The van der Waals surface area contributed by atoms with Crippen molar-refractivity contribution in [2.75, 3.05) is 5.32 Å². The van der Waals surface area contributed by atoms with E-state index >= 15 is 0 Å². The highest BCUT2D eigenvalue weighted by Gasteiger charge is 2.34. The molecule has 3 N–H and O–H groups in total. The molecule has 2 aromatic carbocycles. The number of anilines is 1. The highest BCUT2D eigenvalue weighted by atomic mass is 79.9. The van der Waals surface area contributed by atoms with E-state index in [-0.39, 0.29) is 5.91 Å². The van der Waals surface area contributed by atoms with Crippen molar-refractivity contribution < 1.29 is 4.79 Å². The number of nitrogens with two attached hydrogens (primary N) is 1. The molecule has 1 aliphatic carbocycles. The minimum Gasteiger partial charge on any atom is -0.327 e. The van der Waals surface area contributed by atoms with Crippen LogP contribution in [0.4, 0.5) is 5.69 Å². The zero-order valence-electron chi connectivity index (χ0n) is 10.8. The maximum absolute atomic E-state index is 12.1. The fraction of sp³-hybridized carbons (Fsp3) is 0.188. The number of rotatable bonds is 3. The van der Waals surface area contributed by atoms with Crippen LogP contribution in [0.2, 0.25) is 0 Å². The molecule has 0 heterocycles. The van der Waals surface area contributed by atoms with Crippen LogP contribution in [0, 0.1) is 0 Å². The number of hydrogen-bond acceptors (Lipinski definition) is 2. The van der Waals surface area contributed by atoms with E-state index in [2.05, 4.69) is 21.2 Å². The Hall–Kier alpha value is -1.65. The van der Waals surface area contributed by atoms with Gasteiger partial charge in [0.05, 0.1) is 0 Å². The first kappa shape index (κ1) is 13.3. The van der Waals surface area contributed by atoms with Crippen LogP contribution >= 0.6 is 15.9 Å².